The van der Waals surface area contributed by atoms with E-state index in [0.717, 1.165) is 17.9 Å². The molecule has 1 aromatic carbocycles. The summed E-state index contributed by atoms with van der Waals surface area (Å²) in [7, 11) is -1.17. The van der Waals surface area contributed by atoms with Crippen molar-refractivity contribution in [1.29, 1.82) is 0 Å². The van der Waals surface area contributed by atoms with Crippen LogP contribution in [0.4, 0.5) is 4.39 Å². The standard InChI is InChI=1S/C17H26FNO2S/c1-12(19-22(20)17(2,3)4)14-7-8-15(18)16(11-14)21-10-9-13-5-6-13/h7-8,11-13,19H,5-6,9-10H2,1-4H3/t12-,22?/m0/s1. The highest BCUT2D eigenvalue weighted by molar-refractivity contribution is 7.84. The summed E-state index contributed by atoms with van der Waals surface area (Å²) < 4.78 is 34.3. The van der Waals surface area contributed by atoms with Gasteiger partial charge in [-0.2, -0.15) is 0 Å². The van der Waals surface area contributed by atoms with E-state index in [-0.39, 0.29) is 22.4 Å². The Bertz CT molecular complexity index is 538. The van der Waals surface area contributed by atoms with Gasteiger partial charge in [0.2, 0.25) is 0 Å². The highest BCUT2D eigenvalue weighted by Crippen LogP contribution is 2.32. The first kappa shape index (κ1) is 17.4. The summed E-state index contributed by atoms with van der Waals surface area (Å²) in [5.74, 6) is 0.707. The third kappa shape index (κ3) is 5.06. The Kier molecular flexibility index (Phi) is 5.61. The highest BCUT2D eigenvalue weighted by Gasteiger charge is 2.23. The number of rotatable bonds is 7. The fourth-order valence-electron chi connectivity index (χ4n) is 2.05. The molecule has 0 bridgehead atoms. The maximum atomic E-state index is 13.8. The molecular weight excluding hydrogens is 301 g/mol. The normalized spacial score (nSPS) is 18.0. The van der Waals surface area contributed by atoms with Crippen molar-refractivity contribution in [3.8, 4) is 5.75 Å². The first-order valence-corrected chi connectivity index (χ1v) is 9.02. The predicted octanol–water partition coefficient (Wildman–Crippen LogP) is 4.12. The fraction of sp³-hybridized carbons (Fsp3) is 0.647. The van der Waals surface area contributed by atoms with E-state index in [2.05, 4.69) is 4.72 Å². The van der Waals surface area contributed by atoms with E-state index in [9.17, 15) is 8.60 Å². The number of hydrogen-bond donors (Lipinski definition) is 1. The lowest BCUT2D eigenvalue weighted by atomic mass is 10.1. The molecule has 2 atom stereocenters. The second-order valence-corrected chi connectivity index (χ2v) is 8.99. The molecule has 1 saturated carbocycles. The van der Waals surface area contributed by atoms with Gasteiger partial charge in [0, 0.05) is 6.04 Å². The van der Waals surface area contributed by atoms with Gasteiger partial charge in [0.05, 0.1) is 22.3 Å². The zero-order valence-electron chi connectivity index (χ0n) is 13.8. The SMILES string of the molecule is C[C@H](NS(=O)C(C)(C)C)c1ccc(F)c(OCCC2CC2)c1. The Hall–Kier alpha value is -0.940. The molecule has 0 spiro atoms. The summed E-state index contributed by atoms with van der Waals surface area (Å²) in [5, 5.41) is 0. The molecule has 22 heavy (non-hydrogen) atoms. The molecule has 0 amide bonds. The number of benzene rings is 1. The van der Waals surface area contributed by atoms with Crippen LogP contribution >= 0.6 is 0 Å². The summed E-state index contributed by atoms with van der Waals surface area (Å²) >= 11 is 0. The van der Waals surface area contributed by atoms with Gasteiger partial charge >= 0.3 is 0 Å². The third-order valence-electron chi connectivity index (χ3n) is 3.78. The monoisotopic (exact) mass is 327 g/mol. The Morgan fingerprint density at radius 1 is 1.41 bits per heavy atom. The molecule has 2 rings (SSSR count). The van der Waals surface area contributed by atoms with Gasteiger partial charge in [-0.15, -0.1) is 0 Å². The Balaban J connectivity index is 1.98. The van der Waals surface area contributed by atoms with Gasteiger partial charge in [0.25, 0.3) is 0 Å². The molecule has 1 fully saturated rings. The zero-order chi connectivity index (χ0) is 16.3. The quantitative estimate of drug-likeness (QED) is 0.818. The van der Waals surface area contributed by atoms with Gasteiger partial charge in [-0.05, 0) is 57.7 Å². The molecule has 0 heterocycles. The van der Waals surface area contributed by atoms with Crippen LogP contribution in [-0.4, -0.2) is 15.6 Å². The first-order valence-electron chi connectivity index (χ1n) is 7.87. The maximum Gasteiger partial charge on any atom is 0.165 e. The van der Waals surface area contributed by atoms with Crippen molar-refractivity contribution in [2.75, 3.05) is 6.61 Å². The van der Waals surface area contributed by atoms with Crippen LogP contribution < -0.4 is 9.46 Å². The lowest BCUT2D eigenvalue weighted by molar-refractivity contribution is 0.287. The van der Waals surface area contributed by atoms with Gasteiger partial charge in [-0.1, -0.05) is 18.9 Å². The molecule has 3 nitrogen and oxygen atoms in total. The van der Waals surface area contributed by atoms with E-state index in [1.807, 2.05) is 27.7 Å². The van der Waals surface area contributed by atoms with E-state index in [1.54, 1.807) is 12.1 Å². The van der Waals surface area contributed by atoms with Gasteiger partial charge in [-0.25, -0.2) is 13.3 Å². The van der Waals surface area contributed by atoms with Gasteiger partial charge in [0.1, 0.15) is 0 Å². The molecular formula is C17H26FNO2S. The molecule has 5 heteroatoms. The minimum Gasteiger partial charge on any atom is -0.490 e. The molecule has 0 aromatic heterocycles. The molecule has 1 aliphatic rings. The Morgan fingerprint density at radius 2 is 2.09 bits per heavy atom. The number of nitrogens with one attached hydrogen (secondary N) is 1. The first-order chi connectivity index (χ1) is 10.3. The van der Waals surface area contributed by atoms with Crippen molar-refractivity contribution in [3.63, 3.8) is 0 Å². The second kappa shape index (κ2) is 7.09. The fourth-order valence-corrected chi connectivity index (χ4v) is 2.86. The van der Waals surface area contributed by atoms with E-state index in [4.69, 9.17) is 4.74 Å². The summed E-state index contributed by atoms with van der Waals surface area (Å²) in [6.45, 7) is 8.23. The lowest BCUT2D eigenvalue weighted by Gasteiger charge is -2.22. The average Bonchev–Trinajstić information content (AvgIpc) is 3.23. The van der Waals surface area contributed by atoms with Crippen LogP contribution in [-0.2, 0) is 11.0 Å². The van der Waals surface area contributed by atoms with Crippen molar-refractivity contribution in [2.24, 2.45) is 5.92 Å². The zero-order valence-corrected chi connectivity index (χ0v) is 14.6. The smallest absolute Gasteiger partial charge is 0.165 e. The topological polar surface area (TPSA) is 38.3 Å². The number of halogens is 1. The molecule has 0 radical (unpaired) electrons. The van der Waals surface area contributed by atoms with Crippen LogP contribution in [0.1, 0.15) is 58.6 Å². The largest absolute Gasteiger partial charge is 0.490 e. The van der Waals surface area contributed by atoms with Crippen LogP contribution in [0.2, 0.25) is 0 Å². The van der Waals surface area contributed by atoms with Crippen molar-refractivity contribution >= 4 is 11.0 Å². The summed E-state index contributed by atoms with van der Waals surface area (Å²) in [6.07, 6.45) is 3.53. The van der Waals surface area contributed by atoms with E-state index in [0.29, 0.717) is 6.61 Å². The van der Waals surface area contributed by atoms with Gasteiger partial charge in [-0.3, -0.25) is 0 Å². The predicted molar refractivity (Wildman–Crippen MR) is 88.7 cm³/mol. The number of ether oxygens (including phenoxy) is 1. The minimum absolute atomic E-state index is 0.133. The minimum atomic E-state index is -1.17. The van der Waals surface area contributed by atoms with Crippen LogP contribution in [0, 0.1) is 11.7 Å². The molecule has 1 unspecified atom stereocenters. The molecule has 0 saturated heterocycles. The summed E-state index contributed by atoms with van der Waals surface area (Å²) in [5.41, 5.74) is 0.875. The van der Waals surface area contributed by atoms with Crippen molar-refractivity contribution in [1.82, 2.24) is 4.72 Å². The van der Waals surface area contributed by atoms with Crippen LogP contribution in [0.15, 0.2) is 18.2 Å². The molecule has 1 aliphatic carbocycles. The van der Waals surface area contributed by atoms with Crippen LogP contribution in [0.3, 0.4) is 0 Å². The summed E-state index contributed by atoms with van der Waals surface area (Å²) in [6, 6.07) is 4.70. The molecule has 0 aliphatic heterocycles. The van der Waals surface area contributed by atoms with Crippen LogP contribution in [0.5, 0.6) is 5.75 Å². The van der Waals surface area contributed by atoms with Crippen molar-refractivity contribution in [2.45, 2.75) is 57.7 Å². The van der Waals surface area contributed by atoms with Crippen molar-refractivity contribution in [3.05, 3.63) is 29.6 Å². The lowest BCUT2D eigenvalue weighted by Crippen LogP contribution is -2.34. The summed E-state index contributed by atoms with van der Waals surface area (Å²) in [4.78, 5) is 0. The number of hydrogen-bond acceptors (Lipinski definition) is 2. The third-order valence-corrected chi connectivity index (χ3v) is 5.46. The van der Waals surface area contributed by atoms with E-state index < -0.39 is 11.0 Å². The second-order valence-electron chi connectivity index (χ2n) is 6.99. The van der Waals surface area contributed by atoms with Crippen LogP contribution in [0.25, 0.3) is 0 Å². The van der Waals surface area contributed by atoms with Crippen molar-refractivity contribution < 1.29 is 13.3 Å². The van der Waals surface area contributed by atoms with Gasteiger partial charge in [0.15, 0.2) is 11.6 Å². The molecule has 1 aromatic rings. The molecule has 124 valence electrons. The average molecular weight is 327 g/mol. The maximum absolute atomic E-state index is 13.8. The van der Waals surface area contributed by atoms with E-state index in [1.165, 1.54) is 18.9 Å². The Labute approximate surface area is 135 Å². The highest BCUT2D eigenvalue weighted by atomic mass is 32.2. The molecule has 1 N–H and O–H groups in total. The Morgan fingerprint density at radius 3 is 2.68 bits per heavy atom. The van der Waals surface area contributed by atoms with Gasteiger partial charge < -0.3 is 4.74 Å². The van der Waals surface area contributed by atoms with E-state index >= 15 is 0 Å².